The van der Waals surface area contributed by atoms with Crippen molar-refractivity contribution in [2.75, 3.05) is 0 Å². The highest BCUT2D eigenvalue weighted by atomic mass is 32.2. The Kier molecular flexibility index (Phi) is 2.96. The normalized spacial score (nSPS) is 12.9. The summed E-state index contributed by atoms with van der Waals surface area (Å²) >= 11 is 0. The van der Waals surface area contributed by atoms with Gasteiger partial charge in [-0.1, -0.05) is 17.7 Å². The van der Waals surface area contributed by atoms with Crippen LogP contribution in [0.4, 0.5) is 0 Å². The second-order valence-corrected chi connectivity index (χ2v) is 4.91. The predicted molar refractivity (Wildman–Crippen MR) is 54.8 cm³/mol. The van der Waals surface area contributed by atoms with Gasteiger partial charge in [0.2, 0.25) is 9.84 Å². The molecule has 0 radical (unpaired) electrons. The fourth-order valence-corrected chi connectivity index (χ4v) is 2.12. The monoisotopic (exact) mass is 212 g/mol. The summed E-state index contributed by atoms with van der Waals surface area (Å²) in [6.07, 6.45) is 0. The Morgan fingerprint density at radius 3 is 2.21 bits per heavy atom. The first kappa shape index (κ1) is 10.8. The van der Waals surface area contributed by atoms with Gasteiger partial charge in [-0.2, -0.15) is 0 Å². The van der Waals surface area contributed by atoms with E-state index in [0.717, 1.165) is 11.0 Å². The summed E-state index contributed by atoms with van der Waals surface area (Å²) < 4.78 is 23.0. The van der Waals surface area contributed by atoms with Gasteiger partial charge in [-0.05, 0) is 26.0 Å². The second kappa shape index (κ2) is 3.84. The number of hydrogen-bond acceptors (Lipinski definition) is 3. The van der Waals surface area contributed by atoms with E-state index in [1.807, 2.05) is 6.92 Å². The van der Waals surface area contributed by atoms with Crippen molar-refractivity contribution >= 4 is 9.84 Å². The highest BCUT2D eigenvalue weighted by molar-refractivity contribution is 7.94. The van der Waals surface area contributed by atoms with E-state index in [0.29, 0.717) is 0 Å². The predicted octanol–water partition coefficient (Wildman–Crippen LogP) is 2.19. The van der Waals surface area contributed by atoms with Crippen LogP contribution in [-0.4, -0.2) is 13.5 Å². The fraction of sp³-hybridized carbons (Fsp3) is 0.200. The first-order chi connectivity index (χ1) is 6.42. The maximum absolute atomic E-state index is 11.5. The van der Waals surface area contributed by atoms with Crippen molar-refractivity contribution in [2.24, 2.45) is 0 Å². The molecule has 3 nitrogen and oxygen atoms in total. The van der Waals surface area contributed by atoms with Crippen LogP contribution in [0.2, 0.25) is 0 Å². The second-order valence-electron chi connectivity index (χ2n) is 3.12. The molecule has 0 saturated heterocycles. The van der Waals surface area contributed by atoms with Crippen LogP contribution in [0.3, 0.4) is 0 Å². The number of aryl methyl sites for hydroxylation is 1. The molecule has 0 fully saturated rings. The van der Waals surface area contributed by atoms with Crippen LogP contribution in [-0.2, 0) is 9.84 Å². The van der Waals surface area contributed by atoms with Crippen LogP contribution in [0.1, 0.15) is 12.5 Å². The van der Waals surface area contributed by atoms with Crippen molar-refractivity contribution < 1.29 is 13.5 Å². The zero-order valence-corrected chi connectivity index (χ0v) is 8.88. The van der Waals surface area contributed by atoms with Crippen LogP contribution in [0, 0.1) is 6.92 Å². The first-order valence-electron chi connectivity index (χ1n) is 4.11. The summed E-state index contributed by atoms with van der Waals surface area (Å²) in [5.74, 6) is -0.217. The minimum absolute atomic E-state index is 0.191. The zero-order valence-electron chi connectivity index (χ0n) is 8.06. The van der Waals surface area contributed by atoms with Gasteiger partial charge in [0.05, 0.1) is 10.3 Å². The van der Waals surface area contributed by atoms with E-state index < -0.39 is 9.84 Å². The third kappa shape index (κ3) is 2.60. The molecule has 1 rings (SSSR count). The van der Waals surface area contributed by atoms with E-state index in [4.69, 9.17) is 5.11 Å². The average Bonchev–Trinajstić information content (AvgIpc) is 2.02. The molecular weight excluding hydrogens is 200 g/mol. The molecule has 1 aromatic carbocycles. The van der Waals surface area contributed by atoms with Gasteiger partial charge in [-0.25, -0.2) is 8.42 Å². The molecular formula is C10H12O3S. The van der Waals surface area contributed by atoms with Crippen LogP contribution >= 0.6 is 0 Å². The Hall–Kier alpha value is -1.29. The highest BCUT2D eigenvalue weighted by Gasteiger charge is 2.10. The summed E-state index contributed by atoms with van der Waals surface area (Å²) in [6, 6.07) is 6.47. The molecule has 0 aliphatic carbocycles. The van der Waals surface area contributed by atoms with Gasteiger partial charge >= 0.3 is 0 Å². The lowest BCUT2D eigenvalue weighted by molar-refractivity contribution is 0.415. The van der Waals surface area contributed by atoms with Crippen molar-refractivity contribution in [2.45, 2.75) is 18.7 Å². The van der Waals surface area contributed by atoms with Crippen molar-refractivity contribution in [3.63, 3.8) is 0 Å². The van der Waals surface area contributed by atoms with Gasteiger partial charge in [-0.3, -0.25) is 0 Å². The van der Waals surface area contributed by atoms with Gasteiger partial charge in [0.25, 0.3) is 0 Å². The van der Waals surface area contributed by atoms with Gasteiger partial charge < -0.3 is 5.11 Å². The molecule has 0 amide bonds. The number of aliphatic hydroxyl groups is 1. The van der Waals surface area contributed by atoms with Crippen molar-refractivity contribution in [1.82, 2.24) is 0 Å². The minimum Gasteiger partial charge on any atom is -0.512 e. The summed E-state index contributed by atoms with van der Waals surface area (Å²) in [5, 5.41) is 9.73. The standard InChI is InChI=1S/C10H12O3S/c1-8-3-5-10(6-4-8)14(12,13)7-9(2)11/h3-7,11H,1-2H3. The molecule has 14 heavy (non-hydrogen) atoms. The van der Waals surface area contributed by atoms with Gasteiger partial charge in [0, 0.05) is 0 Å². The van der Waals surface area contributed by atoms with Crippen molar-refractivity contribution in [3.05, 3.63) is 41.0 Å². The summed E-state index contributed by atoms with van der Waals surface area (Å²) in [7, 11) is -3.49. The largest absolute Gasteiger partial charge is 0.512 e. The molecule has 76 valence electrons. The topological polar surface area (TPSA) is 54.4 Å². The zero-order chi connectivity index (χ0) is 10.8. The van der Waals surface area contributed by atoms with E-state index in [9.17, 15) is 8.42 Å². The van der Waals surface area contributed by atoms with Crippen LogP contribution in [0.15, 0.2) is 40.3 Å². The Bertz CT molecular complexity index is 437. The Labute approximate surface area is 83.6 Å². The lowest BCUT2D eigenvalue weighted by Crippen LogP contribution is -1.97. The molecule has 4 heteroatoms. The number of hydrogen-bond donors (Lipinski definition) is 1. The van der Waals surface area contributed by atoms with E-state index >= 15 is 0 Å². The molecule has 0 aliphatic heterocycles. The smallest absolute Gasteiger partial charge is 0.203 e. The molecule has 0 aromatic heterocycles. The lowest BCUT2D eigenvalue weighted by atomic mass is 10.2. The van der Waals surface area contributed by atoms with Crippen molar-refractivity contribution in [1.29, 1.82) is 0 Å². The number of sulfone groups is 1. The molecule has 0 aliphatic rings. The number of benzene rings is 1. The van der Waals surface area contributed by atoms with Crippen molar-refractivity contribution in [3.8, 4) is 0 Å². The van der Waals surface area contributed by atoms with Gasteiger partial charge in [0.1, 0.15) is 5.76 Å². The van der Waals surface area contributed by atoms with E-state index in [1.54, 1.807) is 12.1 Å². The van der Waals surface area contributed by atoms with E-state index in [1.165, 1.54) is 19.1 Å². The summed E-state index contributed by atoms with van der Waals surface area (Å²) in [5.41, 5.74) is 0.994. The average molecular weight is 212 g/mol. The summed E-state index contributed by atoms with van der Waals surface area (Å²) in [4.78, 5) is 0.191. The van der Waals surface area contributed by atoms with Crippen LogP contribution in [0.5, 0.6) is 0 Å². The van der Waals surface area contributed by atoms with E-state index in [-0.39, 0.29) is 10.7 Å². The Morgan fingerprint density at radius 1 is 1.29 bits per heavy atom. The van der Waals surface area contributed by atoms with Gasteiger partial charge in [-0.15, -0.1) is 0 Å². The van der Waals surface area contributed by atoms with E-state index in [2.05, 4.69) is 0 Å². The number of allylic oxidation sites excluding steroid dienone is 1. The Morgan fingerprint density at radius 2 is 1.79 bits per heavy atom. The molecule has 0 unspecified atom stereocenters. The third-order valence-corrected chi connectivity index (χ3v) is 3.26. The molecule has 0 spiro atoms. The number of rotatable bonds is 2. The molecule has 1 aromatic rings. The summed E-state index contributed by atoms with van der Waals surface area (Å²) in [6.45, 7) is 3.20. The molecule has 1 N–H and O–H groups in total. The fourth-order valence-electron chi connectivity index (χ4n) is 1.02. The first-order valence-corrected chi connectivity index (χ1v) is 5.65. The molecule has 0 heterocycles. The molecule has 0 bridgehead atoms. The quantitative estimate of drug-likeness (QED) is 0.764. The number of aliphatic hydroxyl groups excluding tert-OH is 1. The Balaban J connectivity index is 3.18. The highest BCUT2D eigenvalue weighted by Crippen LogP contribution is 2.13. The van der Waals surface area contributed by atoms with Gasteiger partial charge in [0.15, 0.2) is 0 Å². The third-order valence-electron chi connectivity index (χ3n) is 1.68. The molecule has 0 saturated carbocycles. The SMILES string of the molecule is CC(O)=CS(=O)(=O)c1ccc(C)cc1. The maximum Gasteiger partial charge on any atom is 0.203 e. The maximum atomic E-state index is 11.5. The van der Waals surface area contributed by atoms with Crippen LogP contribution < -0.4 is 0 Å². The lowest BCUT2D eigenvalue weighted by Gasteiger charge is -1.99. The minimum atomic E-state index is -3.49. The molecule has 0 atom stereocenters. The van der Waals surface area contributed by atoms with Crippen LogP contribution in [0.25, 0.3) is 0 Å².